The molecule has 0 amide bonds. The molecule has 3 heteroatoms. The van der Waals surface area contributed by atoms with Crippen LogP contribution in [0.15, 0.2) is 34.9 Å². The summed E-state index contributed by atoms with van der Waals surface area (Å²) in [5, 5.41) is 21.1. The van der Waals surface area contributed by atoms with E-state index in [0.29, 0.717) is 11.2 Å². The Hall–Kier alpha value is -0.510. The lowest BCUT2D eigenvalue weighted by Crippen LogP contribution is -2.35. The largest absolute Gasteiger partial charge is 0.393 e. The van der Waals surface area contributed by atoms with Crippen LogP contribution < -0.4 is 0 Å². The summed E-state index contributed by atoms with van der Waals surface area (Å²) in [6.07, 6.45) is 17.8. The molecule has 0 aromatic rings. The molecular formula is C26H42O2S. The van der Waals surface area contributed by atoms with Crippen molar-refractivity contribution in [3.63, 3.8) is 0 Å². The average Bonchev–Trinajstić information content (AvgIpc) is 3.08. The van der Waals surface area contributed by atoms with Crippen molar-refractivity contribution in [1.29, 1.82) is 0 Å². The number of hydrogen-bond donors (Lipinski definition) is 2. The van der Waals surface area contributed by atoms with Crippen LogP contribution in [0.25, 0.3) is 0 Å². The maximum Gasteiger partial charge on any atom is 0.0732 e. The fourth-order valence-corrected chi connectivity index (χ4v) is 7.27. The van der Waals surface area contributed by atoms with Gasteiger partial charge in [-0.15, -0.1) is 0 Å². The van der Waals surface area contributed by atoms with Crippen LogP contribution in [0.3, 0.4) is 0 Å². The van der Waals surface area contributed by atoms with E-state index in [1.54, 1.807) is 11.1 Å². The number of hydrogen-bond acceptors (Lipinski definition) is 3. The molecule has 0 spiro atoms. The lowest BCUT2D eigenvalue weighted by molar-refractivity contribution is 0.0571. The zero-order valence-electron chi connectivity index (χ0n) is 19.0. The first-order valence-electron chi connectivity index (χ1n) is 11.9. The molecule has 0 radical (unpaired) electrons. The fourth-order valence-electron chi connectivity index (χ4n) is 5.75. The van der Waals surface area contributed by atoms with Gasteiger partial charge in [-0.25, -0.2) is 0 Å². The van der Waals surface area contributed by atoms with Gasteiger partial charge in [0.15, 0.2) is 0 Å². The maximum absolute atomic E-state index is 10.7. The summed E-state index contributed by atoms with van der Waals surface area (Å²) in [5.41, 5.74) is 4.42. The Labute approximate surface area is 182 Å². The van der Waals surface area contributed by atoms with E-state index in [9.17, 15) is 10.2 Å². The van der Waals surface area contributed by atoms with E-state index in [1.807, 2.05) is 11.8 Å². The molecule has 0 heterocycles. The van der Waals surface area contributed by atoms with Gasteiger partial charge in [0.05, 0.1) is 11.7 Å². The summed E-state index contributed by atoms with van der Waals surface area (Å²) in [6, 6.07) is 0. The van der Waals surface area contributed by atoms with Crippen molar-refractivity contribution in [2.75, 3.05) is 5.75 Å². The van der Waals surface area contributed by atoms with Gasteiger partial charge < -0.3 is 10.2 Å². The van der Waals surface area contributed by atoms with Gasteiger partial charge in [-0.05, 0) is 82.5 Å². The molecule has 2 N–H and O–H groups in total. The molecule has 2 unspecified atom stereocenters. The van der Waals surface area contributed by atoms with Gasteiger partial charge in [0.1, 0.15) is 0 Å². The summed E-state index contributed by atoms with van der Waals surface area (Å²) in [6.45, 7) is 9.03. The molecule has 3 aliphatic rings. The lowest BCUT2D eigenvalue weighted by atomic mass is 9.64. The van der Waals surface area contributed by atoms with Crippen LogP contribution in [-0.4, -0.2) is 32.9 Å². The highest BCUT2D eigenvalue weighted by molar-refractivity contribution is 8.00. The molecule has 0 saturated heterocycles. The van der Waals surface area contributed by atoms with E-state index >= 15 is 0 Å². The third-order valence-electron chi connectivity index (χ3n) is 8.03. The van der Waals surface area contributed by atoms with Crippen molar-refractivity contribution in [2.24, 2.45) is 11.3 Å². The number of allylic oxidation sites excluding steroid dienone is 4. The van der Waals surface area contributed by atoms with Crippen molar-refractivity contribution in [2.45, 2.75) is 109 Å². The zero-order chi connectivity index (χ0) is 21.1. The molecule has 0 aromatic heterocycles. The van der Waals surface area contributed by atoms with E-state index in [2.05, 4.69) is 45.9 Å². The number of aliphatic hydroxyl groups is 2. The third kappa shape index (κ3) is 5.22. The number of fused-ring (bicyclic) bond motifs is 1. The van der Waals surface area contributed by atoms with Crippen LogP contribution in [0, 0.1) is 11.3 Å². The molecule has 0 aliphatic heterocycles. The van der Waals surface area contributed by atoms with Gasteiger partial charge >= 0.3 is 0 Å². The molecule has 29 heavy (non-hydrogen) atoms. The molecule has 4 atom stereocenters. The highest BCUT2D eigenvalue weighted by Crippen LogP contribution is 2.56. The molecule has 164 valence electrons. The second kappa shape index (κ2) is 9.75. The van der Waals surface area contributed by atoms with Gasteiger partial charge in [0, 0.05) is 11.0 Å². The molecular weight excluding hydrogens is 376 g/mol. The molecule has 3 rings (SSSR count). The fraction of sp³-hybridized carbons (Fsp3) is 0.769. The van der Waals surface area contributed by atoms with Crippen molar-refractivity contribution in [1.82, 2.24) is 0 Å². The Balaban J connectivity index is 1.69. The van der Waals surface area contributed by atoms with E-state index in [4.69, 9.17) is 0 Å². The Bertz CT molecular complexity index is 658. The van der Waals surface area contributed by atoms with E-state index < -0.39 is 5.60 Å². The Morgan fingerprint density at radius 2 is 2.00 bits per heavy atom. The summed E-state index contributed by atoms with van der Waals surface area (Å²) < 4.78 is 0. The summed E-state index contributed by atoms with van der Waals surface area (Å²) in [5.74, 6) is 1.46. The summed E-state index contributed by atoms with van der Waals surface area (Å²) in [4.78, 5) is 0. The first-order valence-corrected chi connectivity index (χ1v) is 13.0. The SMILES string of the molecule is CCC(O)(CC)CS[C@H](C)C1=CCC2/C(=C/C=C3/CCC[C@H](O)C3)CCCC12C. The summed E-state index contributed by atoms with van der Waals surface area (Å²) >= 11 is 1.94. The van der Waals surface area contributed by atoms with E-state index in [0.717, 1.165) is 44.3 Å². The Morgan fingerprint density at radius 3 is 2.69 bits per heavy atom. The first-order chi connectivity index (χ1) is 13.8. The van der Waals surface area contributed by atoms with Gasteiger partial charge in [0.2, 0.25) is 0 Å². The third-order valence-corrected chi connectivity index (χ3v) is 9.49. The molecule has 0 aromatic carbocycles. The van der Waals surface area contributed by atoms with Gasteiger partial charge in [-0.1, -0.05) is 55.7 Å². The van der Waals surface area contributed by atoms with Crippen molar-refractivity contribution < 1.29 is 10.2 Å². The van der Waals surface area contributed by atoms with E-state index in [1.165, 1.54) is 31.3 Å². The topological polar surface area (TPSA) is 40.5 Å². The van der Waals surface area contributed by atoms with Gasteiger partial charge in [-0.3, -0.25) is 0 Å². The lowest BCUT2D eigenvalue weighted by Gasteiger charge is -2.42. The van der Waals surface area contributed by atoms with Crippen LogP contribution >= 0.6 is 11.8 Å². The predicted molar refractivity (Wildman–Crippen MR) is 126 cm³/mol. The average molecular weight is 419 g/mol. The molecule has 2 nitrogen and oxygen atoms in total. The maximum atomic E-state index is 10.7. The molecule has 0 bridgehead atoms. The van der Waals surface area contributed by atoms with Gasteiger partial charge in [-0.2, -0.15) is 11.8 Å². The van der Waals surface area contributed by atoms with Crippen molar-refractivity contribution >= 4 is 11.8 Å². The minimum atomic E-state index is -0.521. The first kappa shape index (κ1) is 23.2. The van der Waals surface area contributed by atoms with Crippen LogP contribution in [0.2, 0.25) is 0 Å². The van der Waals surface area contributed by atoms with Crippen LogP contribution in [0.4, 0.5) is 0 Å². The minimum absolute atomic E-state index is 0.132. The van der Waals surface area contributed by atoms with Crippen molar-refractivity contribution in [3.05, 3.63) is 34.9 Å². The predicted octanol–water partition coefficient (Wildman–Crippen LogP) is 6.58. The monoisotopic (exact) mass is 418 g/mol. The molecule has 3 aliphatic carbocycles. The Morgan fingerprint density at radius 1 is 1.24 bits per heavy atom. The van der Waals surface area contributed by atoms with Gasteiger partial charge in [0.25, 0.3) is 0 Å². The normalized spacial score (nSPS) is 34.3. The molecule has 2 saturated carbocycles. The second-order valence-corrected chi connectivity index (χ2v) is 11.2. The van der Waals surface area contributed by atoms with Crippen LogP contribution in [0.5, 0.6) is 0 Å². The number of aliphatic hydroxyl groups excluding tert-OH is 1. The highest BCUT2D eigenvalue weighted by atomic mass is 32.2. The molecule has 2 fully saturated rings. The minimum Gasteiger partial charge on any atom is -0.393 e. The highest BCUT2D eigenvalue weighted by Gasteiger charge is 2.46. The van der Waals surface area contributed by atoms with Crippen LogP contribution in [-0.2, 0) is 0 Å². The van der Waals surface area contributed by atoms with E-state index in [-0.39, 0.29) is 11.5 Å². The smallest absolute Gasteiger partial charge is 0.0732 e. The standard InChI is InChI=1S/C26H42O2S/c1-5-26(28,6-2)18-29-19(3)23-14-15-24-21(10-8-16-25(23,24)4)13-12-20-9-7-11-22(27)17-20/h12-14,19,22,24,27-28H,5-11,15-18H2,1-4H3/b20-12-,21-13+/t19-,22+,24?,25?/m1/s1. The van der Waals surface area contributed by atoms with Crippen LogP contribution in [0.1, 0.15) is 91.9 Å². The zero-order valence-corrected chi connectivity index (χ0v) is 19.9. The number of rotatable bonds is 7. The second-order valence-electron chi connectivity index (χ2n) is 9.92. The Kier molecular flexibility index (Phi) is 7.78. The summed E-state index contributed by atoms with van der Waals surface area (Å²) in [7, 11) is 0. The van der Waals surface area contributed by atoms with Crippen molar-refractivity contribution in [3.8, 4) is 0 Å². The quantitative estimate of drug-likeness (QED) is 0.459. The number of thioether (sulfide) groups is 1.